The SMILES string of the molecule is O=C(CCCOc1ccc(F)cc1)N[C@H]1CCc2nccn2C1. The van der Waals surface area contributed by atoms with Crippen molar-refractivity contribution in [2.75, 3.05) is 6.61 Å². The normalized spacial score (nSPS) is 16.7. The van der Waals surface area contributed by atoms with Gasteiger partial charge in [0.25, 0.3) is 0 Å². The van der Waals surface area contributed by atoms with Gasteiger partial charge >= 0.3 is 0 Å². The molecule has 1 aliphatic rings. The summed E-state index contributed by atoms with van der Waals surface area (Å²) in [4.78, 5) is 16.3. The summed E-state index contributed by atoms with van der Waals surface area (Å²) in [5.74, 6) is 1.46. The lowest BCUT2D eigenvalue weighted by molar-refractivity contribution is -0.122. The highest BCUT2D eigenvalue weighted by Gasteiger charge is 2.19. The molecule has 1 aromatic heterocycles. The van der Waals surface area contributed by atoms with Crippen LogP contribution in [-0.4, -0.2) is 28.1 Å². The monoisotopic (exact) mass is 317 g/mol. The topological polar surface area (TPSA) is 56.1 Å². The molecule has 1 amide bonds. The molecule has 0 unspecified atom stereocenters. The number of halogens is 1. The van der Waals surface area contributed by atoms with Gasteiger partial charge in [-0.25, -0.2) is 9.37 Å². The third-order valence-electron chi connectivity index (χ3n) is 3.93. The first-order chi connectivity index (χ1) is 11.2. The van der Waals surface area contributed by atoms with Crippen molar-refractivity contribution in [1.82, 2.24) is 14.9 Å². The Labute approximate surface area is 134 Å². The number of fused-ring (bicyclic) bond motifs is 1. The van der Waals surface area contributed by atoms with Gasteiger partial charge in [-0.15, -0.1) is 0 Å². The van der Waals surface area contributed by atoms with E-state index < -0.39 is 0 Å². The third-order valence-corrected chi connectivity index (χ3v) is 3.93. The van der Waals surface area contributed by atoms with Crippen molar-refractivity contribution in [1.29, 1.82) is 0 Å². The third kappa shape index (κ3) is 4.31. The molecule has 3 rings (SSSR count). The van der Waals surface area contributed by atoms with E-state index in [4.69, 9.17) is 4.74 Å². The number of imidazole rings is 1. The molecule has 5 nitrogen and oxygen atoms in total. The first-order valence-corrected chi connectivity index (χ1v) is 7.88. The highest BCUT2D eigenvalue weighted by Crippen LogP contribution is 2.14. The van der Waals surface area contributed by atoms with Crippen molar-refractivity contribution in [3.63, 3.8) is 0 Å². The van der Waals surface area contributed by atoms with Crippen LogP contribution in [-0.2, 0) is 17.8 Å². The van der Waals surface area contributed by atoms with Gasteiger partial charge in [-0.05, 0) is 37.1 Å². The van der Waals surface area contributed by atoms with Gasteiger partial charge in [0.15, 0.2) is 0 Å². The van der Waals surface area contributed by atoms with Gasteiger partial charge in [-0.1, -0.05) is 0 Å². The molecule has 2 heterocycles. The zero-order valence-electron chi connectivity index (χ0n) is 12.9. The minimum atomic E-state index is -0.287. The van der Waals surface area contributed by atoms with Crippen LogP contribution in [0, 0.1) is 5.82 Å². The number of nitrogens with zero attached hydrogens (tertiary/aromatic N) is 2. The Balaban J connectivity index is 1.35. The molecule has 0 bridgehead atoms. The fourth-order valence-corrected chi connectivity index (χ4v) is 2.74. The smallest absolute Gasteiger partial charge is 0.220 e. The summed E-state index contributed by atoms with van der Waals surface area (Å²) in [5, 5.41) is 3.06. The summed E-state index contributed by atoms with van der Waals surface area (Å²) >= 11 is 0. The molecular formula is C17H20FN3O2. The summed E-state index contributed by atoms with van der Waals surface area (Å²) in [6.45, 7) is 1.22. The Hall–Kier alpha value is -2.37. The second kappa shape index (κ2) is 7.26. The predicted octanol–water partition coefficient (Wildman–Crippen LogP) is 2.31. The first-order valence-electron chi connectivity index (χ1n) is 7.88. The van der Waals surface area contributed by atoms with Gasteiger partial charge in [-0.2, -0.15) is 0 Å². The average molecular weight is 317 g/mol. The zero-order chi connectivity index (χ0) is 16.1. The minimum absolute atomic E-state index is 0.0428. The Morgan fingerprint density at radius 1 is 1.39 bits per heavy atom. The first kappa shape index (κ1) is 15.5. The number of carbonyl (C=O) groups is 1. The lowest BCUT2D eigenvalue weighted by atomic mass is 10.1. The summed E-state index contributed by atoms with van der Waals surface area (Å²) < 4.78 is 20.3. The van der Waals surface area contributed by atoms with E-state index in [-0.39, 0.29) is 17.8 Å². The zero-order valence-corrected chi connectivity index (χ0v) is 12.9. The number of rotatable bonds is 6. The molecule has 1 aromatic carbocycles. The van der Waals surface area contributed by atoms with Crippen molar-refractivity contribution in [3.05, 3.63) is 48.3 Å². The van der Waals surface area contributed by atoms with Gasteiger partial charge in [0, 0.05) is 37.8 Å². The highest BCUT2D eigenvalue weighted by atomic mass is 19.1. The largest absolute Gasteiger partial charge is 0.494 e. The fourth-order valence-electron chi connectivity index (χ4n) is 2.74. The molecule has 1 aliphatic heterocycles. The van der Waals surface area contributed by atoms with Crippen LogP contribution in [0.2, 0.25) is 0 Å². The molecule has 0 spiro atoms. The predicted molar refractivity (Wildman–Crippen MR) is 83.6 cm³/mol. The molecule has 0 radical (unpaired) electrons. The number of amides is 1. The number of ether oxygens (including phenoxy) is 1. The Kier molecular flexibility index (Phi) is 4.90. The molecule has 23 heavy (non-hydrogen) atoms. The number of hydrogen-bond acceptors (Lipinski definition) is 3. The maximum atomic E-state index is 12.8. The van der Waals surface area contributed by atoms with Gasteiger partial charge < -0.3 is 14.6 Å². The van der Waals surface area contributed by atoms with E-state index in [0.717, 1.165) is 25.2 Å². The Morgan fingerprint density at radius 3 is 3.04 bits per heavy atom. The Morgan fingerprint density at radius 2 is 2.22 bits per heavy atom. The van der Waals surface area contributed by atoms with Crippen molar-refractivity contribution < 1.29 is 13.9 Å². The maximum Gasteiger partial charge on any atom is 0.220 e. The summed E-state index contributed by atoms with van der Waals surface area (Å²) in [7, 11) is 0. The molecule has 0 saturated heterocycles. The van der Waals surface area contributed by atoms with Crippen LogP contribution >= 0.6 is 0 Å². The van der Waals surface area contributed by atoms with Crippen LogP contribution < -0.4 is 10.1 Å². The summed E-state index contributed by atoms with van der Waals surface area (Å²) in [6, 6.07) is 6.05. The number of benzene rings is 1. The van der Waals surface area contributed by atoms with Crippen molar-refractivity contribution in [3.8, 4) is 5.75 Å². The average Bonchev–Trinajstić information content (AvgIpc) is 3.01. The molecule has 0 aliphatic carbocycles. The van der Waals surface area contributed by atoms with Crippen molar-refractivity contribution in [2.24, 2.45) is 0 Å². The van der Waals surface area contributed by atoms with E-state index in [9.17, 15) is 9.18 Å². The number of aryl methyl sites for hydroxylation is 1. The molecule has 0 saturated carbocycles. The van der Waals surface area contributed by atoms with Gasteiger partial charge in [-0.3, -0.25) is 4.79 Å². The van der Waals surface area contributed by atoms with Crippen LogP contribution in [0.15, 0.2) is 36.7 Å². The standard InChI is InChI=1S/C17H20FN3O2/c18-13-3-6-15(7-4-13)23-11-1-2-17(22)20-14-5-8-16-19-9-10-21(16)12-14/h3-4,6-7,9-10,14H,1-2,5,8,11-12H2,(H,20,22)/t14-/m0/s1. The van der Waals surface area contributed by atoms with E-state index in [1.807, 2.05) is 6.20 Å². The lowest BCUT2D eigenvalue weighted by Crippen LogP contribution is -2.40. The van der Waals surface area contributed by atoms with E-state index >= 15 is 0 Å². The molecule has 2 aromatic rings. The summed E-state index contributed by atoms with van der Waals surface area (Å²) in [6.07, 6.45) is 6.62. The number of nitrogens with one attached hydrogen (secondary N) is 1. The molecular weight excluding hydrogens is 297 g/mol. The number of hydrogen-bond donors (Lipinski definition) is 1. The maximum absolute atomic E-state index is 12.8. The van der Waals surface area contributed by atoms with Gasteiger partial charge in [0.1, 0.15) is 17.4 Å². The van der Waals surface area contributed by atoms with Crippen molar-refractivity contribution in [2.45, 2.75) is 38.3 Å². The highest BCUT2D eigenvalue weighted by molar-refractivity contribution is 5.76. The van der Waals surface area contributed by atoms with Crippen LogP contribution in [0.5, 0.6) is 5.75 Å². The minimum Gasteiger partial charge on any atom is -0.494 e. The second-order valence-corrected chi connectivity index (χ2v) is 5.70. The summed E-state index contributed by atoms with van der Waals surface area (Å²) in [5.41, 5.74) is 0. The van der Waals surface area contributed by atoms with Crippen LogP contribution in [0.1, 0.15) is 25.1 Å². The van der Waals surface area contributed by atoms with Crippen LogP contribution in [0.3, 0.4) is 0 Å². The van der Waals surface area contributed by atoms with Gasteiger partial charge in [0.05, 0.1) is 6.61 Å². The van der Waals surface area contributed by atoms with Crippen LogP contribution in [0.4, 0.5) is 4.39 Å². The van der Waals surface area contributed by atoms with Crippen LogP contribution in [0.25, 0.3) is 0 Å². The number of carbonyl (C=O) groups excluding carboxylic acids is 1. The van der Waals surface area contributed by atoms with Crippen molar-refractivity contribution >= 4 is 5.91 Å². The number of aromatic nitrogens is 2. The van der Waals surface area contributed by atoms with E-state index in [2.05, 4.69) is 14.9 Å². The van der Waals surface area contributed by atoms with E-state index in [0.29, 0.717) is 25.2 Å². The van der Waals surface area contributed by atoms with E-state index in [1.54, 1.807) is 18.3 Å². The lowest BCUT2D eigenvalue weighted by Gasteiger charge is -2.24. The molecule has 122 valence electrons. The Bertz CT molecular complexity index is 654. The molecule has 6 heteroatoms. The second-order valence-electron chi connectivity index (χ2n) is 5.70. The molecule has 0 fully saturated rings. The molecule has 1 N–H and O–H groups in total. The quantitative estimate of drug-likeness (QED) is 0.832. The van der Waals surface area contributed by atoms with Gasteiger partial charge in [0.2, 0.25) is 5.91 Å². The van der Waals surface area contributed by atoms with E-state index in [1.165, 1.54) is 12.1 Å². The molecule has 1 atom stereocenters. The fraction of sp³-hybridized carbons (Fsp3) is 0.412.